The molecule has 1 aliphatic carbocycles. The van der Waals surface area contributed by atoms with E-state index < -0.39 is 0 Å². The molecule has 0 heterocycles. The third-order valence-electron chi connectivity index (χ3n) is 4.08. The van der Waals surface area contributed by atoms with Gasteiger partial charge >= 0.3 is 0 Å². The Hall–Kier alpha value is -1.02. The predicted octanol–water partition coefficient (Wildman–Crippen LogP) is 4.45. The molecular weight excluding hydrogens is 256 g/mol. The van der Waals surface area contributed by atoms with E-state index in [1.807, 2.05) is 0 Å². The number of anilines is 1. The molecule has 0 amide bonds. The Morgan fingerprint density at radius 3 is 2.24 bits per heavy atom. The van der Waals surface area contributed by atoms with Crippen molar-refractivity contribution in [2.45, 2.75) is 59.5 Å². The van der Waals surface area contributed by atoms with Crippen LogP contribution in [0.4, 0.5) is 5.69 Å². The van der Waals surface area contributed by atoms with Gasteiger partial charge in [-0.2, -0.15) is 0 Å². The first kappa shape index (κ1) is 16.4. The summed E-state index contributed by atoms with van der Waals surface area (Å²) < 4.78 is 0. The summed E-state index contributed by atoms with van der Waals surface area (Å²) in [5.74, 6) is 1.50. The van der Waals surface area contributed by atoms with Crippen molar-refractivity contribution in [2.75, 3.05) is 18.0 Å². The van der Waals surface area contributed by atoms with Crippen molar-refractivity contribution in [1.82, 2.24) is 5.32 Å². The van der Waals surface area contributed by atoms with Gasteiger partial charge in [-0.05, 0) is 55.3 Å². The van der Waals surface area contributed by atoms with Gasteiger partial charge in [0.05, 0.1) is 0 Å². The van der Waals surface area contributed by atoms with E-state index in [0.717, 1.165) is 25.0 Å². The van der Waals surface area contributed by atoms with Crippen LogP contribution in [-0.4, -0.2) is 19.1 Å². The highest BCUT2D eigenvalue weighted by molar-refractivity contribution is 5.49. The van der Waals surface area contributed by atoms with Crippen LogP contribution < -0.4 is 10.2 Å². The zero-order valence-corrected chi connectivity index (χ0v) is 14.2. The Balaban J connectivity index is 1.89. The van der Waals surface area contributed by atoms with Crippen molar-refractivity contribution < 1.29 is 0 Å². The number of benzene rings is 1. The van der Waals surface area contributed by atoms with E-state index in [1.165, 1.54) is 37.1 Å². The van der Waals surface area contributed by atoms with Crippen LogP contribution in [0.5, 0.6) is 0 Å². The fourth-order valence-electron chi connectivity index (χ4n) is 2.62. The Kier molecular flexibility index (Phi) is 6.10. The summed E-state index contributed by atoms with van der Waals surface area (Å²) >= 11 is 0. The van der Waals surface area contributed by atoms with Crippen LogP contribution in [0.2, 0.25) is 0 Å². The molecule has 1 fully saturated rings. The Bertz CT molecular complexity index is 404. The van der Waals surface area contributed by atoms with Gasteiger partial charge in [-0.15, -0.1) is 0 Å². The normalized spacial score (nSPS) is 15.0. The van der Waals surface area contributed by atoms with E-state index in [-0.39, 0.29) is 0 Å². The molecule has 21 heavy (non-hydrogen) atoms. The number of nitrogens with zero attached hydrogens (tertiary/aromatic N) is 1. The molecule has 0 radical (unpaired) electrons. The van der Waals surface area contributed by atoms with Gasteiger partial charge < -0.3 is 10.2 Å². The van der Waals surface area contributed by atoms with Crippen LogP contribution in [0, 0.1) is 11.8 Å². The van der Waals surface area contributed by atoms with Crippen LogP contribution in [-0.2, 0) is 6.54 Å². The second kappa shape index (κ2) is 7.84. The topological polar surface area (TPSA) is 15.3 Å². The van der Waals surface area contributed by atoms with Crippen molar-refractivity contribution in [3.63, 3.8) is 0 Å². The van der Waals surface area contributed by atoms with Crippen LogP contribution >= 0.6 is 0 Å². The molecule has 1 N–H and O–H groups in total. The van der Waals surface area contributed by atoms with Crippen LogP contribution in [0.15, 0.2) is 24.3 Å². The van der Waals surface area contributed by atoms with Gasteiger partial charge in [0.15, 0.2) is 0 Å². The van der Waals surface area contributed by atoms with Crippen LogP contribution in [0.3, 0.4) is 0 Å². The molecule has 0 aromatic heterocycles. The fraction of sp³-hybridized carbons (Fsp3) is 0.684. The maximum atomic E-state index is 3.51. The van der Waals surface area contributed by atoms with Gasteiger partial charge in [0.2, 0.25) is 0 Å². The largest absolute Gasteiger partial charge is 0.369 e. The minimum Gasteiger partial charge on any atom is -0.369 e. The lowest BCUT2D eigenvalue weighted by Crippen LogP contribution is -2.27. The summed E-state index contributed by atoms with van der Waals surface area (Å²) in [6.45, 7) is 12.4. The molecule has 0 bridgehead atoms. The Morgan fingerprint density at radius 1 is 1.05 bits per heavy atom. The molecule has 118 valence electrons. The molecule has 2 heteroatoms. The monoisotopic (exact) mass is 288 g/mol. The van der Waals surface area contributed by atoms with Gasteiger partial charge in [0.1, 0.15) is 0 Å². The minimum atomic E-state index is 0.714. The molecule has 2 nitrogen and oxygen atoms in total. The lowest BCUT2D eigenvalue weighted by molar-refractivity contribution is 0.552. The second-order valence-electron chi connectivity index (χ2n) is 7.30. The third kappa shape index (κ3) is 5.70. The Morgan fingerprint density at radius 2 is 1.71 bits per heavy atom. The van der Waals surface area contributed by atoms with Gasteiger partial charge in [-0.25, -0.2) is 0 Å². The smallest absolute Gasteiger partial charge is 0.0368 e. The zero-order valence-electron chi connectivity index (χ0n) is 14.2. The van der Waals surface area contributed by atoms with E-state index in [2.05, 4.69) is 62.2 Å². The second-order valence-corrected chi connectivity index (χ2v) is 7.30. The number of hydrogen-bond acceptors (Lipinski definition) is 2. The Labute approximate surface area is 130 Å². The van der Waals surface area contributed by atoms with Crippen molar-refractivity contribution in [1.29, 1.82) is 0 Å². The van der Waals surface area contributed by atoms with E-state index in [1.54, 1.807) is 0 Å². The summed E-state index contributed by atoms with van der Waals surface area (Å²) in [5.41, 5.74) is 2.80. The van der Waals surface area contributed by atoms with Gasteiger partial charge in [0.25, 0.3) is 0 Å². The van der Waals surface area contributed by atoms with Crippen molar-refractivity contribution in [3.05, 3.63) is 29.8 Å². The number of hydrogen-bond donors (Lipinski definition) is 1. The van der Waals surface area contributed by atoms with Gasteiger partial charge in [-0.3, -0.25) is 0 Å². The highest BCUT2D eigenvalue weighted by atomic mass is 15.2. The molecule has 0 aliphatic heterocycles. The zero-order chi connectivity index (χ0) is 15.2. The number of nitrogens with one attached hydrogen (secondary N) is 1. The summed E-state index contributed by atoms with van der Waals surface area (Å²) in [6.07, 6.45) is 4.03. The van der Waals surface area contributed by atoms with Gasteiger partial charge in [0, 0.05) is 24.8 Å². The highest BCUT2D eigenvalue weighted by Gasteiger charge is 2.28. The third-order valence-corrected chi connectivity index (χ3v) is 4.08. The highest BCUT2D eigenvalue weighted by Crippen LogP contribution is 2.32. The van der Waals surface area contributed by atoms with Crippen molar-refractivity contribution in [2.24, 2.45) is 11.8 Å². The number of rotatable bonds is 9. The molecule has 0 saturated heterocycles. The van der Waals surface area contributed by atoms with Crippen LogP contribution in [0.1, 0.15) is 52.5 Å². The first-order valence-electron chi connectivity index (χ1n) is 8.62. The standard InChI is InChI=1S/C19H32N2/c1-15(2)11-12-21(19-9-10-19)18-7-5-17(6-8-18)14-20-13-16(3)4/h5-8,15-16,19-20H,9-14H2,1-4H3. The van der Waals surface area contributed by atoms with E-state index in [9.17, 15) is 0 Å². The molecule has 1 saturated carbocycles. The molecule has 2 rings (SSSR count). The lowest BCUT2D eigenvalue weighted by atomic mass is 10.1. The SMILES string of the molecule is CC(C)CCN(c1ccc(CNCC(C)C)cc1)C1CC1. The van der Waals surface area contributed by atoms with E-state index in [0.29, 0.717) is 5.92 Å². The maximum Gasteiger partial charge on any atom is 0.0368 e. The average Bonchev–Trinajstić information content (AvgIpc) is 3.24. The van der Waals surface area contributed by atoms with E-state index in [4.69, 9.17) is 0 Å². The summed E-state index contributed by atoms with van der Waals surface area (Å²) in [5, 5.41) is 3.51. The van der Waals surface area contributed by atoms with E-state index >= 15 is 0 Å². The van der Waals surface area contributed by atoms with Crippen molar-refractivity contribution >= 4 is 5.69 Å². The predicted molar refractivity (Wildman–Crippen MR) is 92.8 cm³/mol. The molecule has 0 spiro atoms. The molecule has 1 aromatic rings. The first-order chi connectivity index (χ1) is 10.1. The quantitative estimate of drug-likeness (QED) is 0.722. The maximum absolute atomic E-state index is 3.51. The van der Waals surface area contributed by atoms with Crippen molar-refractivity contribution in [3.8, 4) is 0 Å². The van der Waals surface area contributed by atoms with Gasteiger partial charge in [-0.1, -0.05) is 39.8 Å². The summed E-state index contributed by atoms with van der Waals surface area (Å²) in [4.78, 5) is 2.62. The molecule has 1 aromatic carbocycles. The molecule has 0 atom stereocenters. The minimum absolute atomic E-state index is 0.714. The first-order valence-corrected chi connectivity index (χ1v) is 8.62. The summed E-state index contributed by atoms with van der Waals surface area (Å²) in [7, 11) is 0. The molecule has 0 unspecified atom stereocenters. The lowest BCUT2D eigenvalue weighted by Gasteiger charge is -2.26. The van der Waals surface area contributed by atoms with Crippen LogP contribution in [0.25, 0.3) is 0 Å². The average molecular weight is 288 g/mol. The molecule has 1 aliphatic rings. The summed E-state index contributed by atoms with van der Waals surface area (Å²) in [6, 6.07) is 9.99. The molecular formula is C19H32N2. The fourth-order valence-corrected chi connectivity index (χ4v) is 2.62.